The zero-order valence-corrected chi connectivity index (χ0v) is 11.9. The minimum Gasteiger partial charge on any atom is -0.477 e. The summed E-state index contributed by atoms with van der Waals surface area (Å²) in [7, 11) is 0. The van der Waals surface area contributed by atoms with Gasteiger partial charge < -0.3 is 5.11 Å². The predicted molar refractivity (Wildman–Crippen MR) is 74.1 cm³/mol. The molecule has 0 bridgehead atoms. The van der Waals surface area contributed by atoms with Crippen molar-refractivity contribution in [2.75, 3.05) is 13.1 Å². The van der Waals surface area contributed by atoms with Gasteiger partial charge in [0.1, 0.15) is 4.88 Å². The van der Waals surface area contributed by atoms with Crippen LogP contribution in [-0.4, -0.2) is 29.1 Å². The Morgan fingerprint density at radius 3 is 2.72 bits per heavy atom. The zero-order valence-electron chi connectivity index (χ0n) is 11.1. The molecule has 1 aliphatic rings. The lowest BCUT2D eigenvalue weighted by Crippen LogP contribution is -2.34. The number of nitrogens with zero attached hydrogens (tertiary/aromatic N) is 1. The first-order valence-electron chi connectivity index (χ1n) is 6.60. The molecule has 18 heavy (non-hydrogen) atoms. The zero-order chi connectivity index (χ0) is 13.1. The third-order valence-corrected chi connectivity index (χ3v) is 4.85. The highest BCUT2D eigenvalue weighted by molar-refractivity contribution is 7.12. The van der Waals surface area contributed by atoms with Crippen LogP contribution in [0.2, 0.25) is 0 Å². The van der Waals surface area contributed by atoms with E-state index < -0.39 is 5.97 Å². The fourth-order valence-electron chi connectivity index (χ4n) is 2.67. The number of likely N-dealkylation sites (tertiary alicyclic amines) is 1. The van der Waals surface area contributed by atoms with Gasteiger partial charge in [0.2, 0.25) is 0 Å². The molecule has 0 unspecified atom stereocenters. The number of hydrogen-bond donors (Lipinski definition) is 1. The Labute approximate surface area is 112 Å². The number of carbonyl (C=O) groups is 1. The predicted octanol–water partition coefficient (Wildman–Crippen LogP) is 3.31. The average Bonchev–Trinajstić information content (AvgIpc) is 2.78. The summed E-state index contributed by atoms with van der Waals surface area (Å²) in [5.41, 5.74) is 0.968. The summed E-state index contributed by atoms with van der Waals surface area (Å²) in [4.78, 5) is 13.9. The molecular weight excluding hydrogens is 246 g/mol. The molecule has 3 nitrogen and oxygen atoms in total. The number of piperidine rings is 1. The van der Waals surface area contributed by atoms with Gasteiger partial charge in [0, 0.05) is 6.54 Å². The van der Waals surface area contributed by atoms with E-state index in [1.54, 1.807) is 0 Å². The molecule has 1 aliphatic heterocycles. The standard InChI is InChI=1S/C14H21NO2S/c1-10(2)11-3-6-15(7-4-11)9-12-5-8-18-13(12)14(16)17/h5,8,10-11H,3-4,6-7,9H2,1-2H3,(H,16,17). The van der Waals surface area contributed by atoms with Crippen LogP contribution in [0.3, 0.4) is 0 Å². The fourth-order valence-corrected chi connectivity index (χ4v) is 3.42. The van der Waals surface area contributed by atoms with Crippen molar-refractivity contribution in [3.8, 4) is 0 Å². The van der Waals surface area contributed by atoms with Gasteiger partial charge in [0.05, 0.1) is 0 Å². The summed E-state index contributed by atoms with van der Waals surface area (Å²) in [5, 5.41) is 11.0. The van der Waals surface area contributed by atoms with Crippen LogP contribution in [0.25, 0.3) is 0 Å². The molecule has 2 rings (SSSR count). The highest BCUT2D eigenvalue weighted by Gasteiger charge is 2.22. The van der Waals surface area contributed by atoms with Crippen LogP contribution in [-0.2, 0) is 6.54 Å². The Morgan fingerprint density at radius 1 is 1.50 bits per heavy atom. The summed E-state index contributed by atoms with van der Waals surface area (Å²) in [6.45, 7) is 7.56. The van der Waals surface area contributed by atoms with Crippen LogP contribution >= 0.6 is 11.3 Å². The van der Waals surface area contributed by atoms with Gasteiger partial charge in [0.15, 0.2) is 0 Å². The maximum absolute atomic E-state index is 11.1. The molecule has 0 spiro atoms. The fraction of sp³-hybridized carbons (Fsp3) is 0.643. The van der Waals surface area contributed by atoms with Crippen molar-refractivity contribution in [1.82, 2.24) is 4.90 Å². The van der Waals surface area contributed by atoms with E-state index in [0.29, 0.717) is 4.88 Å². The summed E-state index contributed by atoms with van der Waals surface area (Å²) in [5.74, 6) is 0.808. The largest absolute Gasteiger partial charge is 0.477 e. The number of thiophene rings is 1. The third kappa shape index (κ3) is 3.12. The van der Waals surface area contributed by atoms with Crippen LogP contribution < -0.4 is 0 Å². The Kier molecular flexibility index (Phi) is 4.40. The molecule has 1 aromatic rings. The van der Waals surface area contributed by atoms with Crippen LogP contribution in [0.1, 0.15) is 41.9 Å². The lowest BCUT2D eigenvalue weighted by atomic mass is 9.86. The van der Waals surface area contributed by atoms with Crippen molar-refractivity contribution in [3.05, 3.63) is 21.9 Å². The van der Waals surface area contributed by atoms with Crippen molar-refractivity contribution in [3.63, 3.8) is 0 Å². The van der Waals surface area contributed by atoms with Crippen LogP contribution in [0.4, 0.5) is 0 Å². The third-order valence-electron chi connectivity index (χ3n) is 3.91. The molecule has 1 aromatic heterocycles. The molecule has 1 N–H and O–H groups in total. The van der Waals surface area contributed by atoms with E-state index in [-0.39, 0.29) is 0 Å². The van der Waals surface area contributed by atoms with E-state index in [0.717, 1.165) is 37.0 Å². The number of hydrogen-bond acceptors (Lipinski definition) is 3. The van der Waals surface area contributed by atoms with Crippen molar-refractivity contribution in [1.29, 1.82) is 0 Å². The van der Waals surface area contributed by atoms with Crippen LogP contribution in [0.15, 0.2) is 11.4 Å². The molecule has 0 aromatic carbocycles. The molecule has 4 heteroatoms. The van der Waals surface area contributed by atoms with E-state index in [4.69, 9.17) is 5.11 Å². The monoisotopic (exact) mass is 267 g/mol. The van der Waals surface area contributed by atoms with Crippen molar-refractivity contribution < 1.29 is 9.90 Å². The minimum atomic E-state index is -0.794. The average molecular weight is 267 g/mol. The summed E-state index contributed by atoms with van der Waals surface area (Å²) >= 11 is 1.33. The Balaban J connectivity index is 1.91. The van der Waals surface area contributed by atoms with Gasteiger partial charge >= 0.3 is 5.97 Å². The van der Waals surface area contributed by atoms with Gasteiger partial charge in [-0.2, -0.15) is 0 Å². The second-order valence-electron chi connectivity index (χ2n) is 5.44. The summed E-state index contributed by atoms with van der Waals surface area (Å²) in [6.07, 6.45) is 2.48. The van der Waals surface area contributed by atoms with Crippen LogP contribution in [0, 0.1) is 11.8 Å². The maximum atomic E-state index is 11.1. The second-order valence-corrected chi connectivity index (χ2v) is 6.35. The Bertz CT molecular complexity index is 406. The lowest BCUT2D eigenvalue weighted by molar-refractivity contribution is 0.0699. The highest BCUT2D eigenvalue weighted by Crippen LogP contribution is 2.26. The smallest absolute Gasteiger partial charge is 0.346 e. The first kappa shape index (κ1) is 13.6. The molecule has 0 radical (unpaired) electrons. The summed E-state index contributed by atoms with van der Waals surface area (Å²) < 4.78 is 0. The number of rotatable bonds is 4. The molecular formula is C14H21NO2S. The molecule has 2 heterocycles. The molecule has 1 saturated heterocycles. The topological polar surface area (TPSA) is 40.5 Å². The number of aromatic carboxylic acids is 1. The SMILES string of the molecule is CC(C)C1CCN(Cc2ccsc2C(=O)O)CC1. The highest BCUT2D eigenvalue weighted by atomic mass is 32.1. The second kappa shape index (κ2) is 5.85. The van der Waals surface area contributed by atoms with E-state index in [1.807, 2.05) is 11.4 Å². The van der Waals surface area contributed by atoms with Gasteiger partial charge in [-0.05, 0) is 54.8 Å². The maximum Gasteiger partial charge on any atom is 0.346 e. The molecule has 0 atom stereocenters. The van der Waals surface area contributed by atoms with E-state index >= 15 is 0 Å². The minimum absolute atomic E-state index is 0.501. The number of carboxylic acid groups (broad SMARTS) is 1. The number of carboxylic acids is 1. The normalized spacial score (nSPS) is 18.4. The quantitative estimate of drug-likeness (QED) is 0.910. The van der Waals surface area contributed by atoms with Crippen molar-refractivity contribution in [2.24, 2.45) is 11.8 Å². The first-order valence-corrected chi connectivity index (χ1v) is 7.48. The first-order chi connectivity index (χ1) is 8.58. The van der Waals surface area contributed by atoms with Crippen molar-refractivity contribution in [2.45, 2.75) is 33.2 Å². The van der Waals surface area contributed by atoms with E-state index in [2.05, 4.69) is 18.7 Å². The molecule has 0 aliphatic carbocycles. The van der Waals surface area contributed by atoms with Gasteiger partial charge in [-0.3, -0.25) is 4.90 Å². The molecule has 100 valence electrons. The Morgan fingerprint density at radius 2 is 2.17 bits per heavy atom. The van der Waals surface area contributed by atoms with Gasteiger partial charge in [-0.25, -0.2) is 4.79 Å². The van der Waals surface area contributed by atoms with E-state index in [9.17, 15) is 4.79 Å². The molecule has 1 fully saturated rings. The van der Waals surface area contributed by atoms with Crippen molar-refractivity contribution >= 4 is 17.3 Å². The van der Waals surface area contributed by atoms with Gasteiger partial charge in [-0.1, -0.05) is 13.8 Å². The van der Waals surface area contributed by atoms with Crippen LogP contribution in [0.5, 0.6) is 0 Å². The molecule has 0 saturated carbocycles. The van der Waals surface area contributed by atoms with E-state index in [1.165, 1.54) is 24.2 Å². The lowest BCUT2D eigenvalue weighted by Gasteiger charge is -2.33. The Hall–Kier alpha value is -0.870. The summed E-state index contributed by atoms with van der Waals surface area (Å²) in [6, 6.07) is 1.95. The van der Waals surface area contributed by atoms with Gasteiger partial charge in [-0.15, -0.1) is 11.3 Å². The molecule has 0 amide bonds. The van der Waals surface area contributed by atoms with Gasteiger partial charge in [0.25, 0.3) is 0 Å².